The van der Waals surface area contributed by atoms with Gasteiger partial charge in [0, 0.05) is 12.6 Å². The molecule has 0 N–H and O–H groups in total. The van der Waals surface area contributed by atoms with E-state index in [4.69, 9.17) is 4.74 Å². The number of hydrogen-bond acceptors (Lipinski definition) is 2. The van der Waals surface area contributed by atoms with E-state index in [9.17, 15) is 4.79 Å². The summed E-state index contributed by atoms with van der Waals surface area (Å²) in [6.07, 6.45) is 3.74. The lowest BCUT2D eigenvalue weighted by atomic mass is 10.2. The molecule has 0 aromatic heterocycles. The minimum Gasteiger partial charge on any atom is -0.444 e. The van der Waals surface area contributed by atoms with Gasteiger partial charge in [-0.15, -0.1) is 0 Å². The lowest BCUT2D eigenvalue weighted by Crippen LogP contribution is -2.39. The van der Waals surface area contributed by atoms with Gasteiger partial charge in [-0.05, 0) is 57.8 Å². The molecule has 3 aliphatic rings. The Morgan fingerprint density at radius 1 is 1.25 bits per heavy atom. The van der Waals surface area contributed by atoms with Crippen molar-refractivity contribution >= 4 is 6.09 Å². The summed E-state index contributed by atoms with van der Waals surface area (Å²) in [7, 11) is 0. The van der Waals surface area contributed by atoms with Crippen LogP contribution >= 0.6 is 0 Å². The molecule has 3 fully saturated rings. The lowest BCUT2D eigenvalue weighted by Gasteiger charge is -2.27. The zero-order valence-electron chi connectivity index (χ0n) is 10.4. The molecule has 0 aromatic rings. The quantitative estimate of drug-likeness (QED) is 0.632. The van der Waals surface area contributed by atoms with Crippen LogP contribution in [0.15, 0.2) is 0 Å². The fraction of sp³-hybridized carbons (Fsp3) is 0.923. The Bertz CT molecular complexity index is 320. The number of fused-ring (bicyclic) bond motifs is 3. The number of ether oxygens (including phenoxy) is 1. The molecular weight excluding hydrogens is 202 g/mol. The smallest absolute Gasteiger partial charge is 0.410 e. The van der Waals surface area contributed by atoms with Crippen LogP contribution in [-0.4, -0.2) is 29.2 Å². The maximum absolute atomic E-state index is 12.0. The summed E-state index contributed by atoms with van der Waals surface area (Å²) >= 11 is 0. The van der Waals surface area contributed by atoms with Gasteiger partial charge in [0.2, 0.25) is 0 Å². The molecule has 16 heavy (non-hydrogen) atoms. The molecule has 0 spiro atoms. The number of hydrogen-bond donors (Lipinski definition) is 0. The van der Waals surface area contributed by atoms with E-state index in [0.717, 1.165) is 24.3 Å². The molecule has 0 radical (unpaired) electrons. The van der Waals surface area contributed by atoms with Gasteiger partial charge in [0.25, 0.3) is 0 Å². The fourth-order valence-electron chi connectivity index (χ4n) is 3.16. The van der Waals surface area contributed by atoms with Crippen LogP contribution < -0.4 is 0 Å². The lowest BCUT2D eigenvalue weighted by molar-refractivity contribution is 0.0227. The second kappa shape index (κ2) is 3.14. The Kier molecular flexibility index (Phi) is 2.05. The van der Waals surface area contributed by atoms with E-state index >= 15 is 0 Å². The summed E-state index contributed by atoms with van der Waals surface area (Å²) < 4.78 is 5.47. The topological polar surface area (TPSA) is 29.5 Å². The molecule has 90 valence electrons. The number of amides is 1. The van der Waals surface area contributed by atoms with Crippen molar-refractivity contribution in [3.8, 4) is 0 Å². The maximum Gasteiger partial charge on any atom is 0.410 e. The third-order valence-corrected chi connectivity index (χ3v) is 4.10. The highest BCUT2D eigenvalue weighted by molar-refractivity contribution is 5.69. The molecule has 3 rings (SSSR count). The van der Waals surface area contributed by atoms with Crippen molar-refractivity contribution in [2.45, 2.75) is 51.7 Å². The van der Waals surface area contributed by atoms with Crippen LogP contribution in [0.1, 0.15) is 40.0 Å². The van der Waals surface area contributed by atoms with Gasteiger partial charge in [-0.1, -0.05) is 0 Å². The molecule has 0 aromatic carbocycles. The van der Waals surface area contributed by atoms with Crippen molar-refractivity contribution in [3.63, 3.8) is 0 Å². The first-order valence-corrected chi connectivity index (χ1v) is 6.45. The highest BCUT2D eigenvalue weighted by Crippen LogP contribution is 2.59. The average molecular weight is 223 g/mol. The third-order valence-electron chi connectivity index (χ3n) is 4.10. The Balaban J connectivity index is 1.64. The summed E-state index contributed by atoms with van der Waals surface area (Å²) in [4.78, 5) is 14.0. The van der Waals surface area contributed by atoms with Crippen LogP contribution in [0.3, 0.4) is 0 Å². The van der Waals surface area contributed by atoms with E-state index in [1.54, 1.807) is 0 Å². The van der Waals surface area contributed by atoms with E-state index in [0.29, 0.717) is 6.04 Å². The number of carbonyl (C=O) groups excluding carboxylic acids is 1. The molecule has 4 unspecified atom stereocenters. The molecule has 3 heteroatoms. The van der Waals surface area contributed by atoms with Crippen LogP contribution in [0.25, 0.3) is 0 Å². The molecule has 1 aliphatic heterocycles. The van der Waals surface area contributed by atoms with E-state index in [1.807, 2.05) is 25.7 Å². The number of likely N-dealkylation sites (tertiary alicyclic amines) is 1. The van der Waals surface area contributed by atoms with E-state index < -0.39 is 0 Å². The second-order valence-electron chi connectivity index (χ2n) is 6.59. The van der Waals surface area contributed by atoms with Gasteiger partial charge in [0.05, 0.1) is 0 Å². The number of nitrogens with zero attached hydrogens (tertiary/aromatic N) is 1. The molecule has 4 atom stereocenters. The zero-order valence-corrected chi connectivity index (χ0v) is 10.4. The van der Waals surface area contributed by atoms with Crippen LogP contribution in [-0.2, 0) is 4.74 Å². The molecule has 2 saturated carbocycles. The highest BCUT2D eigenvalue weighted by Gasteiger charge is 2.58. The van der Waals surface area contributed by atoms with Crippen molar-refractivity contribution in [3.05, 3.63) is 0 Å². The molecule has 1 heterocycles. The predicted molar refractivity (Wildman–Crippen MR) is 61.0 cm³/mol. The van der Waals surface area contributed by atoms with Crippen LogP contribution in [0.2, 0.25) is 0 Å². The van der Waals surface area contributed by atoms with Gasteiger partial charge in [0.15, 0.2) is 0 Å². The monoisotopic (exact) mass is 223 g/mol. The molecule has 2 aliphatic carbocycles. The zero-order chi connectivity index (χ0) is 11.5. The second-order valence-corrected chi connectivity index (χ2v) is 6.59. The highest BCUT2D eigenvalue weighted by atomic mass is 16.6. The molecule has 1 amide bonds. The average Bonchev–Trinajstić information content (AvgIpc) is 2.90. The van der Waals surface area contributed by atoms with Crippen molar-refractivity contribution in [2.24, 2.45) is 17.8 Å². The molecule has 3 nitrogen and oxygen atoms in total. The third kappa shape index (κ3) is 1.80. The molecule has 1 saturated heterocycles. The van der Waals surface area contributed by atoms with E-state index in [-0.39, 0.29) is 11.7 Å². The van der Waals surface area contributed by atoms with E-state index in [2.05, 4.69) is 0 Å². The normalized spacial score (nSPS) is 40.6. The Labute approximate surface area is 97.1 Å². The summed E-state index contributed by atoms with van der Waals surface area (Å²) in [6, 6.07) is 0.507. The summed E-state index contributed by atoms with van der Waals surface area (Å²) in [5, 5.41) is 0. The first kappa shape index (κ1) is 10.4. The molecule has 0 bridgehead atoms. The largest absolute Gasteiger partial charge is 0.444 e. The predicted octanol–water partition coefficient (Wildman–Crippen LogP) is 2.65. The van der Waals surface area contributed by atoms with Gasteiger partial charge >= 0.3 is 6.09 Å². The van der Waals surface area contributed by atoms with E-state index in [1.165, 1.54) is 19.3 Å². The van der Waals surface area contributed by atoms with Crippen LogP contribution in [0, 0.1) is 17.8 Å². The summed E-state index contributed by atoms with van der Waals surface area (Å²) in [6.45, 7) is 6.72. The first-order valence-electron chi connectivity index (χ1n) is 6.45. The Morgan fingerprint density at radius 3 is 2.69 bits per heavy atom. The van der Waals surface area contributed by atoms with Gasteiger partial charge in [-0.3, -0.25) is 0 Å². The van der Waals surface area contributed by atoms with Gasteiger partial charge in [0.1, 0.15) is 5.60 Å². The molecular formula is C13H21NO2. The summed E-state index contributed by atoms with van der Waals surface area (Å²) in [5.41, 5.74) is -0.364. The minimum atomic E-state index is -0.364. The maximum atomic E-state index is 12.0. The van der Waals surface area contributed by atoms with Gasteiger partial charge in [-0.25, -0.2) is 4.79 Å². The number of rotatable bonds is 0. The standard InChI is InChI=1S/C13H21NO2/c1-13(2,3)16-12(15)14-5-4-8-6-9(8)10-7-11(10)14/h8-11H,4-7H2,1-3H3. The Hall–Kier alpha value is -0.730. The van der Waals surface area contributed by atoms with Crippen molar-refractivity contribution in [1.82, 2.24) is 4.90 Å². The number of carbonyl (C=O) groups is 1. The van der Waals surface area contributed by atoms with Crippen LogP contribution in [0.5, 0.6) is 0 Å². The van der Waals surface area contributed by atoms with Crippen LogP contribution in [0.4, 0.5) is 4.79 Å². The van der Waals surface area contributed by atoms with Gasteiger partial charge in [-0.2, -0.15) is 0 Å². The van der Waals surface area contributed by atoms with Crippen molar-refractivity contribution < 1.29 is 9.53 Å². The fourth-order valence-corrected chi connectivity index (χ4v) is 3.16. The van der Waals surface area contributed by atoms with Crippen molar-refractivity contribution in [1.29, 1.82) is 0 Å². The van der Waals surface area contributed by atoms with Crippen molar-refractivity contribution in [2.75, 3.05) is 6.54 Å². The van der Waals surface area contributed by atoms with Gasteiger partial charge < -0.3 is 9.64 Å². The summed E-state index contributed by atoms with van der Waals surface area (Å²) in [5.74, 6) is 2.67. The Morgan fingerprint density at radius 2 is 2.00 bits per heavy atom. The SMILES string of the molecule is CC(C)(C)OC(=O)N1CCC2CC2C2CC21. The minimum absolute atomic E-state index is 0.0960. The first-order chi connectivity index (χ1) is 7.46.